The number of carbonyl (C=O) groups excluding carboxylic acids is 1. The number of aliphatic hydroxyl groups excluding tert-OH is 1. The largest absolute Gasteiger partial charge is 0.391 e. The summed E-state index contributed by atoms with van der Waals surface area (Å²) in [7, 11) is 0. The lowest BCUT2D eigenvalue weighted by Gasteiger charge is -2.36. The third-order valence-electron chi connectivity index (χ3n) is 4.96. The Bertz CT molecular complexity index is 748. The number of hydrogen-bond acceptors (Lipinski definition) is 5. The molecule has 0 saturated carbocycles. The molecule has 1 saturated heterocycles. The van der Waals surface area contributed by atoms with Gasteiger partial charge in [0.25, 0.3) is 5.91 Å². The van der Waals surface area contributed by atoms with Crippen molar-refractivity contribution in [1.29, 1.82) is 0 Å². The van der Waals surface area contributed by atoms with E-state index in [9.17, 15) is 9.90 Å². The molecule has 0 bridgehead atoms. The first-order chi connectivity index (χ1) is 12.5. The van der Waals surface area contributed by atoms with Crippen LogP contribution in [0.1, 0.15) is 33.7 Å². The highest BCUT2D eigenvalue weighted by atomic mass is 16.3. The minimum atomic E-state index is -0.452. The molecule has 1 fully saturated rings. The van der Waals surface area contributed by atoms with Gasteiger partial charge in [-0.1, -0.05) is 18.2 Å². The van der Waals surface area contributed by atoms with Crippen molar-refractivity contribution >= 4 is 5.91 Å². The second kappa shape index (κ2) is 8.38. The Balaban J connectivity index is 1.49. The molecule has 0 radical (unpaired) electrons. The van der Waals surface area contributed by atoms with Gasteiger partial charge in [0.2, 0.25) is 0 Å². The summed E-state index contributed by atoms with van der Waals surface area (Å²) in [4.78, 5) is 23.0. The number of likely N-dealkylation sites (tertiary alicyclic amines) is 1. The number of rotatable bonds is 5. The van der Waals surface area contributed by atoms with Gasteiger partial charge in [-0.15, -0.1) is 0 Å². The van der Waals surface area contributed by atoms with Crippen LogP contribution in [0.5, 0.6) is 0 Å². The SMILES string of the molecule is Cc1ncc(CN2CC[C@@H](CNC(=O)c3ccccc3C)[C@H](O)C2)cn1. The molecule has 1 amide bonds. The topological polar surface area (TPSA) is 78.4 Å². The normalized spacial score (nSPS) is 20.7. The van der Waals surface area contributed by atoms with Gasteiger partial charge in [0, 0.05) is 49.1 Å². The maximum atomic E-state index is 12.3. The van der Waals surface area contributed by atoms with E-state index in [0.717, 1.165) is 36.5 Å². The monoisotopic (exact) mass is 354 g/mol. The average molecular weight is 354 g/mol. The van der Waals surface area contributed by atoms with E-state index in [1.54, 1.807) is 0 Å². The molecule has 1 aliphatic rings. The number of aromatic nitrogens is 2. The Morgan fingerprint density at radius 1 is 1.27 bits per heavy atom. The zero-order valence-electron chi connectivity index (χ0n) is 15.4. The van der Waals surface area contributed by atoms with Crippen LogP contribution in [0.2, 0.25) is 0 Å². The smallest absolute Gasteiger partial charge is 0.251 e. The number of hydrogen-bond donors (Lipinski definition) is 2. The summed E-state index contributed by atoms with van der Waals surface area (Å²) in [5, 5.41) is 13.4. The summed E-state index contributed by atoms with van der Waals surface area (Å²) in [6.45, 7) is 6.51. The van der Waals surface area contributed by atoms with Crippen LogP contribution < -0.4 is 5.32 Å². The first kappa shape index (κ1) is 18.5. The lowest BCUT2D eigenvalue weighted by molar-refractivity contribution is 0.0189. The van der Waals surface area contributed by atoms with Crippen molar-refractivity contribution in [2.45, 2.75) is 32.9 Å². The van der Waals surface area contributed by atoms with Gasteiger partial charge in [-0.3, -0.25) is 9.69 Å². The van der Waals surface area contributed by atoms with Crippen molar-refractivity contribution in [2.75, 3.05) is 19.6 Å². The quantitative estimate of drug-likeness (QED) is 0.855. The molecule has 1 aromatic heterocycles. The van der Waals surface area contributed by atoms with Crippen molar-refractivity contribution in [3.05, 3.63) is 59.2 Å². The molecule has 0 spiro atoms. The zero-order chi connectivity index (χ0) is 18.5. The number of carbonyl (C=O) groups is 1. The second-order valence-electron chi connectivity index (χ2n) is 7.01. The standard InChI is InChI=1S/C20H26N4O2/c1-14-5-3-4-6-18(14)20(26)23-11-17-7-8-24(13-19(17)25)12-16-9-21-15(2)22-10-16/h3-6,9-10,17,19,25H,7-8,11-13H2,1-2H3,(H,23,26)/t17-,19+/m0/s1. The van der Waals surface area contributed by atoms with E-state index >= 15 is 0 Å². The fourth-order valence-electron chi connectivity index (χ4n) is 3.33. The first-order valence-corrected chi connectivity index (χ1v) is 9.04. The number of β-amino-alcohol motifs (C(OH)–C–C–N with tert-alkyl or cyclic N) is 1. The summed E-state index contributed by atoms with van der Waals surface area (Å²) in [6.07, 6.45) is 4.07. The van der Waals surface area contributed by atoms with Crippen LogP contribution in [0, 0.1) is 19.8 Å². The van der Waals surface area contributed by atoms with Gasteiger partial charge in [0.1, 0.15) is 5.82 Å². The molecule has 6 nitrogen and oxygen atoms in total. The fourth-order valence-corrected chi connectivity index (χ4v) is 3.33. The molecule has 1 aliphatic heterocycles. The molecule has 2 atom stereocenters. The predicted molar refractivity (Wildman–Crippen MR) is 99.7 cm³/mol. The van der Waals surface area contributed by atoms with E-state index in [4.69, 9.17) is 0 Å². The van der Waals surface area contributed by atoms with Crippen LogP contribution in [0.15, 0.2) is 36.7 Å². The van der Waals surface area contributed by atoms with Crippen LogP contribution in [-0.2, 0) is 6.54 Å². The molecule has 3 rings (SSSR count). The minimum Gasteiger partial charge on any atom is -0.391 e. The molecule has 1 aromatic carbocycles. The van der Waals surface area contributed by atoms with Crippen molar-refractivity contribution in [1.82, 2.24) is 20.2 Å². The number of aliphatic hydroxyl groups is 1. The van der Waals surface area contributed by atoms with Gasteiger partial charge < -0.3 is 10.4 Å². The molecule has 2 aromatic rings. The molecule has 0 unspecified atom stereocenters. The molecule has 138 valence electrons. The van der Waals surface area contributed by atoms with Gasteiger partial charge in [0.15, 0.2) is 0 Å². The maximum Gasteiger partial charge on any atom is 0.251 e. The number of benzene rings is 1. The van der Waals surface area contributed by atoms with E-state index in [-0.39, 0.29) is 11.8 Å². The summed E-state index contributed by atoms with van der Waals surface area (Å²) in [6, 6.07) is 7.54. The summed E-state index contributed by atoms with van der Waals surface area (Å²) in [5.74, 6) is 0.764. The van der Waals surface area contributed by atoms with Crippen LogP contribution >= 0.6 is 0 Å². The Labute approximate surface area is 154 Å². The second-order valence-corrected chi connectivity index (χ2v) is 7.01. The van der Waals surface area contributed by atoms with Crippen LogP contribution in [0.25, 0.3) is 0 Å². The Kier molecular flexibility index (Phi) is 5.96. The highest BCUT2D eigenvalue weighted by Crippen LogP contribution is 2.19. The molecule has 2 heterocycles. The molecule has 6 heteroatoms. The summed E-state index contributed by atoms with van der Waals surface area (Å²) in [5.41, 5.74) is 2.70. The number of piperidine rings is 1. The van der Waals surface area contributed by atoms with Crippen LogP contribution in [-0.4, -0.2) is 51.6 Å². The van der Waals surface area contributed by atoms with Gasteiger partial charge in [-0.25, -0.2) is 9.97 Å². The Morgan fingerprint density at radius 3 is 2.69 bits per heavy atom. The number of aryl methyl sites for hydroxylation is 2. The van der Waals surface area contributed by atoms with Crippen LogP contribution in [0.3, 0.4) is 0 Å². The average Bonchev–Trinajstić information content (AvgIpc) is 2.63. The number of nitrogens with one attached hydrogen (secondary N) is 1. The lowest BCUT2D eigenvalue weighted by atomic mass is 9.93. The zero-order valence-corrected chi connectivity index (χ0v) is 15.4. The molecule has 2 N–H and O–H groups in total. The Morgan fingerprint density at radius 2 is 2.00 bits per heavy atom. The third kappa shape index (κ3) is 4.65. The van der Waals surface area contributed by atoms with Crippen LogP contribution in [0.4, 0.5) is 0 Å². The summed E-state index contributed by atoms with van der Waals surface area (Å²) >= 11 is 0. The van der Waals surface area contributed by atoms with Crippen molar-refractivity contribution in [2.24, 2.45) is 5.92 Å². The van der Waals surface area contributed by atoms with E-state index in [2.05, 4.69) is 20.2 Å². The predicted octanol–water partition coefficient (Wildman–Crippen LogP) is 1.71. The van der Waals surface area contributed by atoms with Gasteiger partial charge >= 0.3 is 0 Å². The lowest BCUT2D eigenvalue weighted by Crippen LogP contribution is -2.47. The number of amides is 1. The number of nitrogens with zero attached hydrogens (tertiary/aromatic N) is 3. The van der Waals surface area contributed by atoms with E-state index < -0.39 is 6.10 Å². The van der Waals surface area contributed by atoms with Crippen molar-refractivity contribution in [3.8, 4) is 0 Å². The molecule has 0 aliphatic carbocycles. The maximum absolute atomic E-state index is 12.3. The van der Waals surface area contributed by atoms with Gasteiger partial charge in [-0.05, 0) is 38.4 Å². The first-order valence-electron chi connectivity index (χ1n) is 9.04. The molecular weight excluding hydrogens is 328 g/mol. The van der Waals surface area contributed by atoms with Gasteiger partial charge in [0.05, 0.1) is 6.10 Å². The van der Waals surface area contributed by atoms with Crippen molar-refractivity contribution in [3.63, 3.8) is 0 Å². The Hall–Kier alpha value is -2.31. The third-order valence-corrected chi connectivity index (χ3v) is 4.96. The van der Waals surface area contributed by atoms with E-state index in [1.165, 1.54) is 0 Å². The van der Waals surface area contributed by atoms with Gasteiger partial charge in [-0.2, -0.15) is 0 Å². The highest BCUT2D eigenvalue weighted by Gasteiger charge is 2.28. The van der Waals surface area contributed by atoms with E-state index in [0.29, 0.717) is 18.7 Å². The van der Waals surface area contributed by atoms with Crippen molar-refractivity contribution < 1.29 is 9.90 Å². The molecule has 26 heavy (non-hydrogen) atoms. The highest BCUT2D eigenvalue weighted by molar-refractivity contribution is 5.95. The fraction of sp³-hybridized carbons (Fsp3) is 0.450. The van der Waals surface area contributed by atoms with E-state index in [1.807, 2.05) is 50.5 Å². The minimum absolute atomic E-state index is 0.0745. The summed E-state index contributed by atoms with van der Waals surface area (Å²) < 4.78 is 0. The molecular formula is C20H26N4O2.